The number of benzene rings is 2. The van der Waals surface area contributed by atoms with E-state index in [1.165, 1.54) is 16.4 Å². The van der Waals surface area contributed by atoms with Crippen LogP contribution in [-0.2, 0) is 16.6 Å². The Kier molecular flexibility index (Phi) is 5.24. The number of amides is 1. The third kappa shape index (κ3) is 3.52. The molecule has 3 heterocycles. The van der Waals surface area contributed by atoms with Crippen molar-refractivity contribution >= 4 is 44.5 Å². The molecule has 2 aliphatic heterocycles. The van der Waals surface area contributed by atoms with E-state index < -0.39 is 10.0 Å². The number of imidazole rings is 1. The van der Waals surface area contributed by atoms with Gasteiger partial charge in [0.25, 0.3) is 5.91 Å². The molecule has 2 aromatic carbocycles. The Morgan fingerprint density at radius 3 is 2.45 bits per heavy atom. The van der Waals surface area contributed by atoms with E-state index in [0.29, 0.717) is 37.7 Å². The molecule has 3 aromatic rings. The van der Waals surface area contributed by atoms with Crippen LogP contribution in [-0.4, -0.2) is 47.8 Å². The second kappa shape index (κ2) is 7.93. The highest BCUT2D eigenvalue weighted by molar-refractivity contribution is 7.89. The molecule has 0 spiro atoms. The van der Waals surface area contributed by atoms with E-state index in [2.05, 4.69) is 4.98 Å². The van der Waals surface area contributed by atoms with Crippen LogP contribution in [0, 0.1) is 0 Å². The monoisotopic (exact) mass is 458 g/mol. The zero-order chi connectivity index (χ0) is 21.6. The fraction of sp³-hybridized carbons (Fsp3) is 0.364. The predicted octanol–water partition coefficient (Wildman–Crippen LogP) is 3.91. The van der Waals surface area contributed by atoms with Gasteiger partial charge in [-0.2, -0.15) is 4.31 Å². The number of aromatic nitrogens is 2. The Hall–Kier alpha value is -2.42. The van der Waals surface area contributed by atoms with E-state index in [9.17, 15) is 13.2 Å². The minimum Gasteiger partial charge on any atom is -0.308 e. The van der Waals surface area contributed by atoms with E-state index in [1.807, 2.05) is 28.8 Å². The Bertz CT molecular complexity index is 1260. The zero-order valence-electron chi connectivity index (χ0n) is 17.0. The predicted molar refractivity (Wildman–Crippen MR) is 120 cm³/mol. The molecular formula is C22H23ClN4O3S. The number of anilines is 1. The SMILES string of the molecule is O=C(c1ccc(Cl)c(S(=O)(=O)N2CCCCCC2)c1)N1CCn2c1nc1ccccc12. The fourth-order valence-corrected chi connectivity index (χ4v) is 6.41. The first-order chi connectivity index (χ1) is 15.0. The summed E-state index contributed by atoms with van der Waals surface area (Å²) in [7, 11) is -3.77. The highest BCUT2D eigenvalue weighted by Gasteiger charge is 2.32. The average molecular weight is 459 g/mol. The fourth-order valence-electron chi connectivity index (χ4n) is 4.39. The number of rotatable bonds is 3. The van der Waals surface area contributed by atoms with Crippen molar-refractivity contribution < 1.29 is 13.2 Å². The summed E-state index contributed by atoms with van der Waals surface area (Å²) in [6, 6.07) is 12.2. The molecule has 0 atom stereocenters. The maximum atomic E-state index is 13.3. The summed E-state index contributed by atoms with van der Waals surface area (Å²) >= 11 is 6.29. The van der Waals surface area contributed by atoms with Crippen molar-refractivity contribution in [2.75, 3.05) is 24.5 Å². The molecule has 5 rings (SSSR count). The molecule has 0 radical (unpaired) electrons. The normalized spacial score (nSPS) is 17.6. The summed E-state index contributed by atoms with van der Waals surface area (Å²) < 4.78 is 30.0. The van der Waals surface area contributed by atoms with Gasteiger partial charge in [-0.15, -0.1) is 0 Å². The molecule has 0 N–H and O–H groups in total. The van der Waals surface area contributed by atoms with Crippen LogP contribution in [0.15, 0.2) is 47.4 Å². The molecule has 1 fully saturated rings. The molecule has 1 saturated heterocycles. The molecular weight excluding hydrogens is 436 g/mol. The van der Waals surface area contributed by atoms with Gasteiger partial charge in [0.2, 0.25) is 16.0 Å². The van der Waals surface area contributed by atoms with Gasteiger partial charge in [0.05, 0.1) is 16.1 Å². The van der Waals surface area contributed by atoms with Gasteiger partial charge in [0, 0.05) is 31.7 Å². The molecule has 0 aliphatic carbocycles. The Morgan fingerprint density at radius 1 is 0.935 bits per heavy atom. The van der Waals surface area contributed by atoms with Crippen molar-refractivity contribution in [1.29, 1.82) is 0 Å². The molecule has 1 aromatic heterocycles. The van der Waals surface area contributed by atoms with Crippen LogP contribution in [0.25, 0.3) is 11.0 Å². The van der Waals surface area contributed by atoms with E-state index in [-0.39, 0.29) is 15.8 Å². The summed E-state index contributed by atoms with van der Waals surface area (Å²) in [5, 5.41) is 0.134. The summed E-state index contributed by atoms with van der Waals surface area (Å²) in [4.78, 5) is 19.5. The number of hydrogen-bond donors (Lipinski definition) is 0. The Balaban J connectivity index is 1.49. The molecule has 0 unspecified atom stereocenters. The van der Waals surface area contributed by atoms with Crippen LogP contribution >= 0.6 is 11.6 Å². The lowest BCUT2D eigenvalue weighted by atomic mass is 10.2. The van der Waals surface area contributed by atoms with E-state index in [4.69, 9.17) is 11.6 Å². The number of para-hydroxylation sites is 2. The first-order valence-corrected chi connectivity index (χ1v) is 12.4. The molecule has 7 nitrogen and oxygen atoms in total. The maximum Gasteiger partial charge on any atom is 0.260 e. The lowest BCUT2D eigenvalue weighted by Gasteiger charge is -2.21. The lowest BCUT2D eigenvalue weighted by molar-refractivity contribution is 0.0988. The van der Waals surface area contributed by atoms with Crippen molar-refractivity contribution in [3.63, 3.8) is 0 Å². The maximum absolute atomic E-state index is 13.3. The van der Waals surface area contributed by atoms with Gasteiger partial charge in [-0.25, -0.2) is 13.4 Å². The largest absolute Gasteiger partial charge is 0.308 e. The molecule has 162 valence electrons. The van der Waals surface area contributed by atoms with Crippen LogP contribution in [0.2, 0.25) is 5.02 Å². The highest BCUT2D eigenvalue weighted by Crippen LogP contribution is 2.31. The number of halogens is 1. The second-order valence-corrected chi connectivity index (χ2v) is 10.3. The second-order valence-electron chi connectivity index (χ2n) is 7.97. The minimum atomic E-state index is -3.77. The number of nitrogens with zero attached hydrogens (tertiary/aromatic N) is 4. The van der Waals surface area contributed by atoms with Crippen molar-refractivity contribution in [2.45, 2.75) is 37.1 Å². The lowest BCUT2D eigenvalue weighted by Crippen LogP contribution is -2.33. The highest BCUT2D eigenvalue weighted by atomic mass is 35.5. The molecule has 0 saturated carbocycles. The summed E-state index contributed by atoms with van der Waals surface area (Å²) in [5.41, 5.74) is 2.10. The van der Waals surface area contributed by atoms with Crippen molar-refractivity contribution in [2.24, 2.45) is 0 Å². The minimum absolute atomic E-state index is 0.00498. The summed E-state index contributed by atoms with van der Waals surface area (Å²) in [6.45, 7) is 2.09. The van der Waals surface area contributed by atoms with Gasteiger partial charge >= 0.3 is 0 Å². The summed E-state index contributed by atoms with van der Waals surface area (Å²) in [5.74, 6) is 0.302. The topological polar surface area (TPSA) is 75.5 Å². The molecule has 0 bridgehead atoms. The first kappa shape index (κ1) is 20.5. The number of fused-ring (bicyclic) bond motifs is 3. The Labute approximate surface area is 186 Å². The van der Waals surface area contributed by atoms with Crippen molar-refractivity contribution in [3.05, 3.63) is 53.1 Å². The van der Waals surface area contributed by atoms with E-state index in [1.54, 1.807) is 11.0 Å². The smallest absolute Gasteiger partial charge is 0.260 e. The van der Waals surface area contributed by atoms with Crippen LogP contribution in [0.5, 0.6) is 0 Å². The van der Waals surface area contributed by atoms with Crippen molar-refractivity contribution in [3.8, 4) is 0 Å². The third-order valence-electron chi connectivity index (χ3n) is 6.03. The van der Waals surface area contributed by atoms with Crippen molar-refractivity contribution in [1.82, 2.24) is 13.9 Å². The van der Waals surface area contributed by atoms with Gasteiger partial charge in [-0.1, -0.05) is 36.6 Å². The number of sulfonamides is 1. The number of carbonyl (C=O) groups excluding carboxylic acids is 1. The molecule has 1 amide bonds. The molecule has 2 aliphatic rings. The zero-order valence-corrected chi connectivity index (χ0v) is 18.6. The quantitative estimate of drug-likeness (QED) is 0.596. The first-order valence-electron chi connectivity index (χ1n) is 10.5. The van der Waals surface area contributed by atoms with Gasteiger partial charge in [-0.3, -0.25) is 9.69 Å². The van der Waals surface area contributed by atoms with E-state index in [0.717, 1.165) is 36.7 Å². The van der Waals surface area contributed by atoms with Gasteiger partial charge < -0.3 is 4.57 Å². The Morgan fingerprint density at radius 2 is 1.68 bits per heavy atom. The van der Waals surface area contributed by atoms with Crippen LogP contribution in [0.1, 0.15) is 36.0 Å². The molecule has 9 heteroatoms. The standard InChI is InChI=1S/C22H23ClN4O3S/c23-17-10-9-16(15-20(17)31(29,30)25-11-5-1-2-6-12-25)21(28)27-14-13-26-19-8-4-3-7-18(19)24-22(26)27/h3-4,7-10,15H,1-2,5-6,11-14H2. The van der Waals surface area contributed by atoms with E-state index >= 15 is 0 Å². The number of hydrogen-bond acceptors (Lipinski definition) is 4. The van der Waals surface area contributed by atoms with Crippen LogP contribution in [0.4, 0.5) is 5.95 Å². The molecule has 31 heavy (non-hydrogen) atoms. The van der Waals surface area contributed by atoms with Gasteiger partial charge in [-0.05, 0) is 43.2 Å². The third-order valence-corrected chi connectivity index (χ3v) is 8.41. The average Bonchev–Trinajstić information content (AvgIpc) is 3.20. The van der Waals surface area contributed by atoms with Crippen LogP contribution < -0.4 is 4.90 Å². The van der Waals surface area contributed by atoms with Crippen LogP contribution in [0.3, 0.4) is 0 Å². The summed E-state index contributed by atoms with van der Waals surface area (Å²) in [6.07, 6.45) is 3.71. The van der Waals surface area contributed by atoms with Gasteiger partial charge in [0.1, 0.15) is 4.90 Å². The van der Waals surface area contributed by atoms with Gasteiger partial charge in [0.15, 0.2) is 0 Å². The number of carbonyl (C=O) groups is 1.